The molecule has 160 valence electrons. The van der Waals surface area contributed by atoms with Crippen LogP contribution in [0.3, 0.4) is 0 Å². The quantitative estimate of drug-likeness (QED) is 0.599. The normalized spacial score (nSPS) is 20.4. The van der Waals surface area contributed by atoms with Crippen LogP contribution in [0.1, 0.15) is 29.0 Å². The highest BCUT2D eigenvalue weighted by Gasteiger charge is 2.29. The van der Waals surface area contributed by atoms with Crippen molar-refractivity contribution in [1.82, 2.24) is 16.0 Å². The second-order valence-corrected chi connectivity index (χ2v) is 7.89. The van der Waals surface area contributed by atoms with Crippen molar-refractivity contribution in [3.63, 3.8) is 0 Å². The number of rotatable bonds is 5. The average Bonchev–Trinajstić information content (AvgIpc) is 2.79. The maximum atomic E-state index is 12.7. The first-order valence-electron chi connectivity index (χ1n) is 10.2. The second-order valence-electron chi connectivity index (χ2n) is 7.89. The lowest BCUT2D eigenvalue weighted by Crippen LogP contribution is -2.47. The molecule has 2 aliphatic rings. The van der Waals surface area contributed by atoms with Crippen molar-refractivity contribution >= 4 is 11.9 Å². The first kappa shape index (κ1) is 20.5. The van der Waals surface area contributed by atoms with E-state index >= 15 is 0 Å². The number of carbonyl (C=O) groups is 2. The van der Waals surface area contributed by atoms with Gasteiger partial charge in [0.05, 0.1) is 18.5 Å². The molecule has 0 radical (unpaired) electrons. The van der Waals surface area contributed by atoms with E-state index < -0.39 is 11.9 Å². The molecule has 7 heteroatoms. The minimum atomic E-state index is -0.518. The van der Waals surface area contributed by atoms with Crippen LogP contribution in [-0.4, -0.2) is 25.6 Å². The lowest BCUT2D eigenvalue weighted by molar-refractivity contribution is -0.118. The van der Waals surface area contributed by atoms with Crippen molar-refractivity contribution in [2.24, 2.45) is 11.7 Å². The number of nitrogens with two attached hydrogens (primary N) is 1. The minimum absolute atomic E-state index is 0.0386. The van der Waals surface area contributed by atoms with Gasteiger partial charge in [-0.3, -0.25) is 4.79 Å². The van der Waals surface area contributed by atoms with Crippen LogP contribution < -0.4 is 26.4 Å². The van der Waals surface area contributed by atoms with Crippen molar-refractivity contribution in [3.05, 3.63) is 88.9 Å². The fourth-order valence-electron chi connectivity index (χ4n) is 4.29. The highest BCUT2D eigenvalue weighted by molar-refractivity contribution is 6.00. The summed E-state index contributed by atoms with van der Waals surface area (Å²) in [6.07, 6.45) is 1.77. The molecule has 0 fully saturated rings. The Hall–Kier alpha value is -3.74. The third kappa shape index (κ3) is 4.26. The fourth-order valence-corrected chi connectivity index (χ4v) is 4.29. The first-order valence-corrected chi connectivity index (χ1v) is 10.2. The number of methoxy groups -OCH3 is 1. The molecular formula is C24H26N4O3. The van der Waals surface area contributed by atoms with Gasteiger partial charge in [-0.15, -0.1) is 0 Å². The van der Waals surface area contributed by atoms with E-state index in [4.69, 9.17) is 10.5 Å². The average molecular weight is 418 g/mol. The number of benzene rings is 2. The van der Waals surface area contributed by atoms with Crippen LogP contribution in [-0.2, 0) is 11.2 Å². The largest absolute Gasteiger partial charge is 0.497 e. The molecule has 2 aromatic carbocycles. The smallest absolute Gasteiger partial charge is 0.323 e. The molecule has 2 atom stereocenters. The van der Waals surface area contributed by atoms with E-state index in [1.54, 1.807) is 7.11 Å². The Labute approximate surface area is 181 Å². The predicted octanol–water partition coefficient (Wildman–Crippen LogP) is 2.50. The molecule has 4 rings (SSSR count). The number of carbonyl (C=O) groups excluding carboxylic acids is 2. The maximum absolute atomic E-state index is 12.7. The standard InChI is InChI=1S/C24H26N4O3/c1-14-21(25)22(28-24(30)27-14)23(29)26-13-15-11-17-5-3-4-6-19(17)20(12-15)16-7-9-18(31-2)10-8-16/h3-10,15,20H,1,11-13,25H2,2H3,(H,26,29)(H2,27,28,30)/t15-,20+/m1/s1. The zero-order chi connectivity index (χ0) is 22.0. The van der Waals surface area contributed by atoms with Crippen molar-refractivity contribution < 1.29 is 14.3 Å². The fraction of sp³-hybridized carbons (Fsp3) is 0.250. The molecular weight excluding hydrogens is 392 g/mol. The Morgan fingerprint density at radius 1 is 1.19 bits per heavy atom. The number of hydrogen-bond donors (Lipinski definition) is 4. The molecule has 1 aliphatic heterocycles. The molecule has 3 amide bonds. The Kier molecular flexibility index (Phi) is 5.66. The van der Waals surface area contributed by atoms with Crippen molar-refractivity contribution in [2.75, 3.05) is 13.7 Å². The molecule has 2 aromatic rings. The van der Waals surface area contributed by atoms with Gasteiger partial charge in [-0.25, -0.2) is 4.79 Å². The molecule has 5 N–H and O–H groups in total. The molecule has 0 saturated carbocycles. The van der Waals surface area contributed by atoms with Gasteiger partial charge in [-0.2, -0.15) is 0 Å². The van der Waals surface area contributed by atoms with Crippen molar-refractivity contribution in [3.8, 4) is 5.75 Å². The summed E-state index contributed by atoms with van der Waals surface area (Å²) in [5.41, 5.74) is 10.1. The Bertz CT molecular complexity index is 1060. The summed E-state index contributed by atoms with van der Waals surface area (Å²) in [4.78, 5) is 24.3. The van der Waals surface area contributed by atoms with Crippen LogP contribution in [0.15, 0.2) is 72.2 Å². The van der Waals surface area contributed by atoms with E-state index in [2.05, 4.69) is 52.9 Å². The summed E-state index contributed by atoms with van der Waals surface area (Å²) in [5, 5.41) is 7.85. The van der Waals surface area contributed by atoms with Gasteiger partial charge in [0, 0.05) is 12.5 Å². The van der Waals surface area contributed by atoms with E-state index in [1.807, 2.05) is 18.2 Å². The molecule has 0 aromatic heterocycles. The van der Waals surface area contributed by atoms with Crippen LogP contribution in [0.5, 0.6) is 5.75 Å². The lowest BCUT2D eigenvalue weighted by atomic mass is 9.74. The molecule has 31 heavy (non-hydrogen) atoms. The van der Waals surface area contributed by atoms with Gasteiger partial charge in [0.15, 0.2) is 0 Å². The Balaban J connectivity index is 1.51. The van der Waals surface area contributed by atoms with Gasteiger partial charge in [0.25, 0.3) is 5.91 Å². The predicted molar refractivity (Wildman–Crippen MR) is 118 cm³/mol. The number of amides is 3. The topological polar surface area (TPSA) is 105 Å². The van der Waals surface area contributed by atoms with Gasteiger partial charge in [0.1, 0.15) is 11.4 Å². The van der Waals surface area contributed by atoms with Crippen LogP contribution in [0.4, 0.5) is 4.79 Å². The summed E-state index contributed by atoms with van der Waals surface area (Å²) >= 11 is 0. The van der Waals surface area contributed by atoms with Gasteiger partial charge in [-0.05, 0) is 47.6 Å². The molecule has 0 bridgehead atoms. The van der Waals surface area contributed by atoms with Crippen molar-refractivity contribution in [1.29, 1.82) is 0 Å². The number of urea groups is 1. The minimum Gasteiger partial charge on any atom is -0.497 e. The molecule has 7 nitrogen and oxygen atoms in total. The van der Waals surface area contributed by atoms with Crippen LogP contribution >= 0.6 is 0 Å². The van der Waals surface area contributed by atoms with Crippen molar-refractivity contribution in [2.45, 2.75) is 18.8 Å². The SMILES string of the molecule is C=C1NC(=O)NC(C(=O)NC[C@@H]2Cc3ccccc3[C@H](c3ccc(OC)cc3)C2)=C1N. The van der Waals surface area contributed by atoms with E-state index in [0.29, 0.717) is 6.54 Å². The summed E-state index contributed by atoms with van der Waals surface area (Å²) in [7, 11) is 1.66. The van der Waals surface area contributed by atoms with E-state index in [0.717, 1.165) is 18.6 Å². The first-order chi connectivity index (χ1) is 15.0. The van der Waals surface area contributed by atoms with Crippen LogP contribution in [0.25, 0.3) is 0 Å². The van der Waals surface area contributed by atoms with Gasteiger partial charge >= 0.3 is 6.03 Å². The number of nitrogens with one attached hydrogen (secondary N) is 3. The Morgan fingerprint density at radius 3 is 2.68 bits per heavy atom. The zero-order valence-corrected chi connectivity index (χ0v) is 17.4. The summed E-state index contributed by atoms with van der Waals surface area (Å²) in [6.45, 7) is 4.14. The summed E-state index contributed by atoms with van der Waals surface area (Å²) in [5.74, 6) is 0.898. The molecule has 0 unspecified atom stereocenters. The second kappa shape index (κ2) is 8.55. The van der Waals surface area contributed by atoms with Crippen LogP contribution in [0, 0.1) is 5.92 Å². The number of fused-ring (bicyclic) bond motifs is 1. The lowest BCUT2D eigenvalue weighted by Gasteiger charge is -2.32. The molecule has 1 aliphatic carbocycles. The number of ether oxygens (including phenoxy) is 1. The maximum Gasteiger partial charge on any atom is 0.323 e. The van der Waals surface area contributed by atoms with E-state index in [9.17, 15) is 9.59 Å². The summed E-state index contributed by atoms with van der Waals surface area (Å²) < 4.78 is 5.29. The summed E-state index contributed by atoms with van der Waals surface area (Å²) in [6, 6.07) is 16.1. The molecule has 0 saturated heterocycles. The third-order valence-electron chi connectivity index (χ3n) is 5.90. The van der Waals surface area contributed by atoms with Gasteiger partial charge in [0.2, 0.25) is 0 Å². The highest BCUT2D eigenvalue weighted by atomic mass is 16.5. The zero-order valence-electron chi connectivity index (χ0n) is 17.4. The molecule has 1 heterocycles. The molecule has 0 spiro atoms. The van der Waals surface area contributed by atoms with E-state index in [1.165, 1.54) is 16.7 Å². The third-order valence-corrected chi connectivity index (χ3v) is 5.90. The van der Waals surface area contributed by atoms with Crippen LogP contribution in [0.2, 0.25) is 0 Å². The highest BCUT2D eigenvalue weighted by Crippen LogP contribution is 2.39. The van der Waals surface area contributed by atoms with E-state index in [-0.39, 0.29) is 28.9 Å². The van der Waals surface area contributed by atoms with Gasteiger partial charge < -0.3 is 26.4 Å². The Morgan fingerprint density at radius 2 is 1.94 bits per heavy atom. The number of hydrogen-bond acceptors (Lipinski definition) is 4. The van der Waals surface area contributed by atoms with Gasteiger partial charge in [-0.1, -0.05) is 43.0 Å². The monoisotopic (exact) mass is 418 g/mol.